The van der Waals surface area contributed by atoms with E-state index in [2.05, 4.69) is 18.0 Å². The third-order valence-electron chi connectivity index (χ3n) is 2.20. The number of rotatable bonds is 4. The molecule has 0 aromatic heterocycles. The molecule has 0 bridgehead atoms. The monoisotopic (exact) mass is 212 g/mol. The first-order valence-corrected chi connectivity index (χ1v) is 5.15. The molecule has 1 aromatic rings. The second-order valence-corrected chi connectivity index (χ2v) is 4.02. The lowest BCUT2D eigenvalue weighted by atomic mass is 10.1. The summed E-state index contributed by atoms with van der Waals surface area (Å²) in [4.78, 5) is 2.18. The summed E-state index contributed by atoms with van der Waals surface area (Å²) in [6, 6.07) is 6.17. The van der Waals surface area contributed by atoms with Crippen molar-refractivity contribution in [2.75, 3.05) is 20.1 Å². The van der Waals surface area contributed by atoms with E-state index in [1.54, 1.807) is 0 Å². The van der Waals surface area contributed by atoms with Gasteiger partial charge in [0, 0.05) is 24.7 Å². The molecule has 0 spiro atoms. The highest BCUT2D eigenvalue weighted by Crippen LogP contribution is 2.17. The van der Waals surface area contributed by atoms with Gasteiger partial charge in [-0.05, 0) is 31.2 Å². The Morgan fingerprint density at radius 3 is 2.71 bits per heavy atom. The fraction of sp³-hybridized carbons (Fsp3) is 0.455. The quantitative estimate of drug-likeness (QED) is 0.828. The zero-order chi connectivity index (χ0) is 10.6. The normalized spacial score (nSPS) is 10.9. The number of benzene rings is 1. The summed E-state index contributed by atoms with van der Waals surface area (Å²) in [7, 11) is 2.06. The minimum absolute atomic E-state index is 0.691. The van der Waals surface area contributed by atoms with Crippen molar-refractivity contribution < 1.29 is 0 Å². The average Bonchev–Trinajstić information content (AvgIpc) is 2.12. The molecule has 1 aromatic carbocycles. The SMILES string of the molecule is Cc1ccc(CN(C)CCN)cc1Cl. The molecule has 0 aliphatic carbocycles. The number of likely N-dealkylation sites (N-methyl/N-ethyl adjacent to an activating group) is 1. The van der Waals surface area contributed by atoms with Crippen molar-refractivity contribution in [1.29, 1.82) is 0 Å². The number of hydrogen-bond acceptors (Lipinski definition) is 2. The van der Waals surface area contributed by atoms with Crippen LogP contribution in [0.5, 0.6) is 0 Å². The number of nitrogens with zero attached hydrogens (tertiary/aromatic N) is 1. The van der Waals surface area contributed by atoms with E-state index in [1.807, 2.05) is 19.1 Å². The third kappa shape index (κ3) is 3.29. The standard InChI is InChI=1S/C11H17ClN2/c1-9-3-4-10(7-11(9)12)8-14(2)6-5-13/h3-4,7H,5-6,8,13H2,1-2H3. The van der Waals surface area contributed by atoms with Gasteiger partial charge in [0.05, 0.1) is 0 Å². The first kappa shape index (κ1) is 11.5. The van der Waals surface area contributed by atoms with Crippen LogP contribution in [0.3, 0.4) is 0 Å². The van der Waals surface area contributed by atoms with Gasteiger partial charge in [-0.1, -0.05) is 23.7 Å². The summed E-state index contributed by atoms with van der Waals surface area (Å²) in [6.45, 7) is 4.51. The largest absolute Gasteiger partial charge is 0.329 e. The molecule has 0 fully saturated rings. The summed E-state index contributed by atoms with van der Waals surface area (Å²) < 4.78 is 0. The highest BCUT2D eigenvalue weighted by molar-refractivity contribution is 6.31. The smallest absolute Gasteiger partial charge is 0.0438 e. The highest BCUT2D eigenvalue weighted by Gasteiger charge is 2.01. The summed E-state index contributed by atoms with van der Waals surface area (Å²) in [5, 5.41) is 0.837. The third-order valence-corrected chi connectivity index (χ3v) is 2.61. The van der Waals surface area contributed by atoms with Gasteiger partial charge in [0.25, 0.3) is 0 Å². The van der Waals surface area contributed by atoms with Crippen LogP contribution in [0, 0.1) is 6.92 Å². The zero-order valence-electron chi connectivity index (χ0n) is 8.76. The van der Waals surface area contributed by atoms with Crippen molar-refractivity contribution in [2.45, 2.75) is 13.5 Å². The van der Waals surface area contributed by atoms with Gasteiger partial charge in [-0.3, -0.25) is 0 Å². The van der Waals surface area contributed by atoms with Crippen LogP contribution >= 0.6 is 11.6 Å². The molecule has 78 valence electrons. The van der Waals surface area contributed by atoms with Crippen LogP contribution in [0.4, 0.5) is 0 Å². The Bertz CT molecular complexity index is 299. The van der Waals surface area contributed by atoms with Gasteiger partial charge in [-0.25, -0.2) is 0 Å². The maximum atomic E-state index is 6.03. The van der Waals surface area contributed by atoms with Gasteiger partial charge in [0.15, 0.2) is 0 Å². The lowest BCUT2D eigenvalue weighted by Crippen LogP contribution is -2.24. The Morgan fingerprint density at radius 1 is 1.43 bits per heavy atom. The first-order valence-electron chi connectivity index (χ1n) is 4.77. The minimum Gasteiger partial charge on any atom is -0.329 e. The van der Waals surface area contributed by atoms with Crippen LogP contribution in [0.2, 0.25) is 5.02 Å². The molecule has 2 nitrogen and oxygen atoms in total. The van der Waals surface area contributed by atoms with E-state index >= 15 is 0 Å². The van der Waals surface area contributed by atoms with E-state index in [9.17, 15) is 0 Å². The molecule has 0 heterocycles. The molecule has 3 heteroatoms. The van der Waals surface area contributed by atoms with Crippen LogP contribution in [0.25, 0.3) is 0 Å². The Morgan fingerprint density at radius 2 is 2.14 bits per heavy atom. The lowest BCUT2D eigenvalue weighted by molar-refractivity contribution is 0.336. The fourth-order valence-electron chi connectivity index (χ4n) is 1.35. The second-order valence-electron chi connectivity index (χ2n) is 3.61. The van der Waals surface area contributed by atoms with Crippen LogP contribution in [0.15, 0.2) is 18.2 Å². The predicted molar refractivity (Wildman–Crippen MR) is 61.6 cm³/mol. The molecule has 0 unspecified atom stereocenters. The molecule has 0 aliphatic rings. The van der Waals surface area contributed by atoms with Crippen molar-refractivity contribution in [1.82, 2.24) is 4.90 Å². The van der Waals surface area contributed by atoms with E-state index in [0.717, 1.165) is 23.7 Å². The topological polar surface area (TPSA) is 29.3 Å². The van der Waals surface area contributed by atoms with Gasteiger partial charge >= 0.3 is 0 Å². The maximum Gasteiger partial charge on any atom is 0.0438 e. The molecule has 1 rings (SSSR count). The first-order chi connectivity index (χ1) is 6.63. The van der Waals surface area contributed by atoms with Crippen LogP contribution in [-0.4, -0.2) is 25.0 Å². The molecule has 0 saturated carbocycles. The minimum atomic E-state index is 0.691. The number of aryl methyl sites for hydroxylation is 1. The van der Waals surface area contributed by atoms with E-state index < -0.39 is 0 Å². The summed E-state index contributed by atoms with van der Waals surface area (Å²) >= 11 is 6.03. The Balaban J connectivity index is 2.63. The Kier molecular flexibility index (Phi) is 4.39. The lowest BCUT2D eigenvalue weighted by Gasteiger charge is -2.15. The van der Waals surface area contributed by atoms with Crippen LogP contribution in [0.1, 0.15) is 11.1 Å². The molecule has 2 N–H and O–H groups in total. The van der Waals surface area contributed by atoms with Gasteiger partial charge in [0.1, 0.15) is 0 Å². The van der Waals surface area contributed by atoms with E-state index in [4.69, 9.17) is 17.3 Å². The number of hydrogen-bond donors (Lipinski definition) is 1. The van der Waals surface area contributed by atoms with E-state index in [0.29, 0.717) is 6.54 Å². The van der Waals surface area contributed by atoms with Crippen molar-refractivity contribution in [2.24, 2.45) is 5.73 Å². The van der Waals surface area contributed by atoms with Gasteiger partial charge in [-0.15, -0.1) is 0 Å². The highest BCUT2D eigenvalue weighted by atomic mass is 35.5. The predicted octanol–water partition coefficient (Wildman–Crippen LogP) is 2.04. The Hall–Kier alpha value is -0.570. The molecular weight excluding hydrogens is 196 g/mol. The van der Waals surface area contributed by atoms with Crippen molar-refractivity contribution in [3.63, 3.8) is 0 Å². The van der Waals surface area contributed by atoms with Crippen molar-refractivity contribution in [3.05, 3.63) is 34.3 Å². The summed E-state index contributed by atoms with van der Waals surface area (Å²) in [6.07, 6.45) is 0. The molecule has 0 atom stereocenters. The van der Waals surface area contributed by atoms with Crippen LogP contribution in [-0.2, 0) is 6.54 Å². The number of halogens is 1. The average molecular weight is 213 g/mol. The van der Waals surface area contributed by atoms with Gasteiger partial charge in [-0.2, -0.15) is 0 Å². The van der Waals surface area contributed by atoms with Crippen LogP contribution < -0.4 is 5.73 Å². The zero-order valence-corrected chi connectivity index (χ0v) is 9.51. The van der Waals surface area contributed by atoms with Gasteiger partial charge in [0.2, 0.25) is 0 Å². The van der Waals surface area contributed by atoms with Gasteiger partial charge < -0.3 is 10.6 Å². The van der Waals surface area contributed by atoms with E-state index in [-0.39, 0.29) is 0 Å². The van der Waals surface area contributed by atoms with Crippen molar-refractivity contribution in [3.8, 4) is 0 Å². The number of nitrogens with two attached hydrogens (primary N) is 1. The fourth-order valence-corrected chi connectivity index (χ4v) is 1.55. The summed E-state index contributed by atoms with van der Waals surface area (Å²) in [5.74, 6) is 0. The summed E-state index contributed by atoms with van der Waals surface area (Å²) in [5.41, 5.74) is 7.82. The maximum absolute atomic E-state index is 6.03. The Labute approximate surface area is 90.7 Å². The molecule has 0 aliphatic heterocycles. The molecular formula is C11H17ClN2. The molecule has 14 heavy (non-hydrogen) atoms. The van der Waals surface area contributed by atoms with Crippen molar-refractivity contribution >= 4 is 11.6 Å². The second kappa shape index (κ2) is 5.35. The van der Waals surface area contributed by atoms with E-state index in [1.165, 1.54) is 5.56 Å². The molecule has 0 saturated heterocycles. The molecule has 0 amide bonds. The molecule has 0 radical (unpaired) electrons.